The first kappa shape index (κ1) is 25.2. The van der Waals surface area contributed by atoms with E-state index in [0.717, 1.165) is 71.7 Å². The number of nitrogens with one attached hydrogen (secondary N) is 1. The third kappa shape index (κ3) is 6.03. The van der Waals surface area contributed by atoms with Crippen LogP contribution in [0.25, 0.3) is 17.2 Å². The zero-order valence-electron chi connectivity index (χ0n) is 20.9. The van der Waals surface area contributed by atoms with Gasteiger partial charge >= 0.3 is 5.97 Å². The quantitative estimate of drug-likeness (QED) is 0.342. The number of ether oxygens (including phenoxy) is 1. The normalized spacial score (nSPS) is 14.9. The van der Waals surface area contributed by atoms with Gasteiger partial charge in [-0.1, -0.05) is 67.8 Å². The molecule has 0 saturated heterocycles. The third-order valence-electron chi connectivity index (χ3n) is 7.09. The number of rotatable bonds is 8. The Labute approximate surface area is 212 Å². The number of carboxylic acids is 1. The van der Waals surface area contributed by atoms with Gasteiger partial charge in [0.1, 0.15) is 5.75 Å². The molecule has 3 aromatic rings. The molecule has 0 spiro atoms. The average Bonchev–Trinajstić information content (AvgIpc) is 2.89. The summed E-state index contributed by atoms with van der Waals surface area (Å²) in [7, 11) is 1.69. The molecular weight excluding hydrogens is 450 g/mol. The second kappa shape index (κ2) is 11.3. The van der Waals surface area contributed by atoms with Crippen molar-refractivity contribution in [1.82, 2.24) is 0 Å². The van der Waals surface area contributed by atoms with Crippen molar-refractivity contribution in [3.8, 4) is 16.9 Å². The van der Waals surface area contributed by atoms with Gasteiger partial charge in [0.15, 0.2) is 0 Å². The van der Waals surface area contributed by atoms with Gasteiger partial charge in [-0.2, -0.15) is 0 Å². The van der Waals surface area contributed by atoms with Gasteiger partial charge in [-0.3, -0.25) is 4.79 Å². The second-order valence-corrected chi connectivity index (χ2v) is 9.65. The number of carbonyl (C=O) groups is 2. The molecule has 4 rings (SSSR count). The zero-order chi connectivity index (χ0) is 25.5. The van der Waals surface area contributed by atoms with Gasteiger partial charge in [-0.05, 0) is 78.3 Å². The molecule has 0 heterocycles. The summed E-state index contributed by atoms with van der Waals surface area (Å²) in [6.07, 6.45) is 8.25. The molecule has 5 heteroatoms. The van der Waals surface area contributed by atoms with E-state index in [1.165, 1.54) is 6.08 Å². The van der Waals surface area contributed by atoms with Crippen molar-refractivity contribution in [3.63, 3.8) is 0 Å². The minimum atomic E-state index is -1.00. The molecule has 1 aliphatic carbocycles. The lowest BCUT2D eigenvalue weighted by atomic mass is 9.69. The number of amides is 1. The fourth-order valence-electron chi connectivity index (χ4n) is 5.07. The maximum atomic E-state index is 13.6. The minimum Gasteiger partial charge on any atom is -0.496 e. The Morgan fingerprint density at radius 3 is 2.39 bits per heavy atom. The van der Waals surface area contributed by atoms with Crippen LogP contribution in [-0.4, -0.2) is 24.1 Å². The van der Waals surface area contributed by atoms with Gasteiger partial charge in [0, 0.05) is 11.8 Å². The Morgan fingerprint density at radius 2 is 1.69 bits per heavy atom. The van der Waals surface area contributed by atoms with E-state index in [0.29, 0.717) is 12.1 Å². The summed E-state index contributed by atoms with van der Waals surface area (Å²) in [4.78, 5) is 24.5. The minimum absolute atomic E-state index is 0.0360. The molecule has 1 aliphatic rings. The van der Waals surface area contributed by atoms with Crippen molar-refractivity contribution in [2.24, 2.45) is 5.41 Å². The van der Waals surface area contributed by atoms with E-state index in [4.69, 9.17) is 9.84 Å². The van der Waals surface area contributed by atoms with Crippen molar-refractivity contribution >= 4 is 23.6 Å². The summed E-state index contributed by atoms with van der Waals surface area (Å²) in [6, 6.07) is 22.0. The first-order valence-corrected chi connectivity index (χ1v) is 12.4. The van der Waals surface area contributed by atoms with Crippen molar-refractivity contribution in [2.45, 2.75) is 45.4 Å². The van der Waals surface area contributed by atoms with Crippen LogP contribution in [0.1, 0.15) is 48.8 Å². The maximum Gasteiger partial charge on any atom is 0.328 e. The number of hydrogen-bond acceptors (Lipinski definition) is 3. The van der Waals surface area contributed by atoms with Crippen LogP contribution in [0, 0.1) is 12.3 Å². The molecule has 0 radical (unpaired) electrons. The molecule has 0 atom stereocenters. The lowest BCUT2D eigenvalue weighted by molar-refractivity contribution is -0.131. The standard InChI is InChI=1S/C31H33NO4/c1-22-9-13-26(20-28(22)36-2)25-14-10-24(11-15-25)21-31(17-4-3-5-18-31)30(35)32-27-8-6-7-23(19-27)12-16-29(33)34/h6-16,19-20H,3-5,17-18,21H2,1-2H3,(H,32,35)(H,33,34)/b16-12+. The fourth-order valence-corrected chi connectivity index (χ4v) is 5.07. The van der Waals surface area contributed by atoms with Gasteiger partial charge < -0.3 is 15.2 Å². The Bertz CT molecular complexity index is 1250. The molecule has 36 heavy (non-hydrogen) atoms. The molecule has 0 unspecified atom stereocenters. The lowest BCUT2D eigenvalue weighted by Crippen LogP contribution is -2.40. The molecule has 1 saturated carbocycles. The lowest BCUT2D eigenvalue weighted by Gasteiger charge is -2.36. The molecule has 5 nitrogen and oxygen atoms in total. The molecule has 0 aliphatic heterocycles. The maximum absolute atomic E-state index is 13.6. The number of methoxy groups -OCH3 is 1. The Morgan fingerprint density at radius 1 is 0.972 bits per heavy atom. The van der Waals surface area contributed by atoms with E-state index in [1.54, 1.807) is 13.2 Å². The van der Waals surface area contributed by atoms with Crippen LogP contribution in [0.4, 0.5) is 5.69 Å². The summed E-state index contributed by atoms with van der Waals surface area (Å²) >= 11 is 0. The smallest absolute Gasteiger partial charge is 0.328 e. The fraction of sp³-hybridized carbons (Fsp3) is 0.290. The zero-order valence-corrected chi connectivity index (χ0v) is 20.9. The van der Waals surface area contributed by atoms with E-state index in [9.17, 15) is 9.59 Å². The number of benzene rings is 3. The van der Waals surface area contributed by atoms with E-state index in [2.05, 4.69) is 47.8 Å². The number of hydrogen-bond donors (Lipinski definition) is 2. The summed E-state index contributed by atoms with van der Waals surface area (Å²) < 4.78 is 5.48. The highest BCUT2D eigenvalue weighted by atomic mass is 16.5. The predicted molar refractivity (Wildman–Crippen MR) is 144 cm³/mol. The molecule has 0 aromatic heterocycles. The van der Waals surface area contributed by atoms with E-state index >= 15 is 0 Å². The highest BCUT2D eigenvalue weighted by Gasteiger charge is 2.39. The van der Waals surface area contributed by atoms with Crippen LogP contribution < -0.4 is 10.1 Å². The molecular formula is C31H33NO4. The number of aliphatic carboxylic acids is 1. The Kier molecular flexibility index (Phi) is 7.89. The van der Waals surface area contributed by atoms with E-state index in [-0.39, 0.29) is 5.91 Å². The molecule has 1 amide bonds. The van der Waals surface area contributed by atoms with Crippen molar-refractivity contribution in [2.75, 3.05) is 12.4 Å². The third-order valence-corrected chi connectivity index (χ3v) is 7.09. The van der Waals surface area contributed by atoms with Crippen LogP contribution in [0.15, 0.2) is 72.8 Å². The summed E-state index contributed by atoms with van der Waals surface area (Å²) in [5, 5.41) is 12.0. The highest BCUT2D eigenvalue weighted by molar-refractivity contribution is 5.96. The van der Waals surface area contributed by atoms with Crippen molar-refractivity contribution in [3.05, 3.63) is 89.5 Å². The van der Waals surface area contributed by atoms with Crippen LogP contribution in [-0.2, 0) is 16.0 Å². The number of aryl methyl sites for hydroxylation is 1. The topological polar surface area (TPSA) is 75.6 Å². The van der Waals surface area contributed by atoms with Crippen LogP contribution in [0.5, 0.6) is 5.75 Å². The van der Waals surface area contributed by atoms with Gasteiger partial charge in [-0.15, -0.1) is 0 Å². The number of anilines is 1. The summed E-state index contributed by atoms with van der Waals surface area (Å²) in [5.41, 5.74) is 5.42. The monoisotopic (exact) mass is 483 g/mol. The van der Waals surface area contributed by atoms with Gasteiger partial charge in [0.2, 0.25) is 5.91 Å². The van der Waals surface area contributed by atoms with Gasteiger partial charge in [0.05, 0.1) is 12.5 Å². The number of carboxylic acid groups (broad SMARTS) is 1. The Hall–Kier alpha value is -3.86. The van der Waals surface area contributed by atoms with Crippen LogP contribution >= 0.6 is 0 Å². The van der Waals surface area contributed by atoms with Crippen LogP contribution in [0.3, 0.4) is 0 Å². The van der Waals surface area contributed by atoms with Crippen LogP contribution in [0.2, 0.25) is 0 Å². The molecule has 1 fully saturated rings. The highest BCUT2D eigenvalue weighted by Crippen LogP contribution is 2.41. The van der Waals surface area contributed by atoms with E-state index in [1.807, 2.05) is 25.1 Å². The SMILES string of the molecule is COc1cc(-c2ccc(CC3(C(=O)Nc4cccc(/C=C/C(=O)O)c4)CCCCC3)cc2)ccc1C. The van der Waals surface area contributed by atoms with Crippen molar-refractivity contribution in [1.29, 1.82) is 0 Å². The molecule has 186 valence electrons. The predicted octanol–water partition coefficient (Wildman–Crippen LogP) is 6.90. The second-order valence-electron chi connectivity index (χ2n) is 9.65. The largest absolute Gasteiger partial charge is 0.496 e. The molecule has 0 bridgehead atoms. The van der Waals surface area contributed by atoms with Gasteiger partial charge in [0.25, 0.3) is 0 Å². The first-order valence-electron chi connectivity index (χ1n) is 12.4. The summed E-state index contributed by atoms with van der Waals surface area (Å²) in [6.45, 7) is 2.03. The van der Waals surface area contributed by atoms with E-state index < -0.39 is 11.4 Å². The Balaban J connectivity index is 1.52. The average molecular weight is 484 g/mol. The molecule has 3 aromatic carbocycles. The molecule has 2 N–H and O–H groups in total. The summed E-state index contributed by atoms with van der Waals surface area (Å²) in [5.74, 6) is -0.0935. The number of carbonyl (C=O) groups excluding carboxylic acids is 1. The first-order chi connectivity index (χ1) is 17.4. The van der Waals surface area contributed by atoms with Crippen molar-refractivity contribution < 1.29 is 19.4 Å². The van der Waals surface area contributed by atoms with Gasteiger partial charge in [-0.25, -0.2) is 4.79 Å².